The number of thiazole rings is 1. The summed E-state index contributed by atoms with van der Waals surface area (Å²) >= 11 is 1.60. The fourth-order valence-corrected chi connectivity index (χ4v) is 4.87. The van der Waals surface area contributed by atoms with E-state index in [-0.39, 0.29) is 0 Å². The lowest BCUT2D eigenvalue weighted by molar-refractivity contribution is -0.0389. The number of hydrogen-bond acceptors (Lipinski definition) is 5. The molecule has 0 aliphatic heterocycles. The molecule has 0 bridgehead atoms. The number of aromatic nitrogens is 3. The van der Waals surface area contributed by atoms with Gasteiger partial charge in [-0.15, -0.1) is 11.3 Å². The standard InChI is InChI=1S/C21H24N4OS/c1-13-8-15(18-12-22-20(27-18)21(26)6-3-7-21)10-16(9-13)23-19-11-17(24-25-19)14-4-2-5-14/h8-12,14,26H,2-7H2,1H3,(H2,23,24,25). The summed E-state index contributed by atoms with van der Waals surface area (Å²) in [7, 11) is 0. The van der Waals surface area contributed by atoms with Crippen molar-refractivity contribution in [1.29, 1.82) is 0 Å². The Kier molecular flexibility index (Phi) is 4.06. The van der Waals surface area contributed by atoms with Crippen LogP contribution in [-0.2, 0) is 5.60 Å². The van der Waals surface area contributed by atoms with Crippen molar-refractivity contribution in [2.75, 3.05) is 5.32 Å². The highest BCUT2D eigenvalue weighted by molar-refractivity contribution is 7.15. The number of H-pyrrole nitrogens is 1. The third-order valence-corrected chi connectivity index (χ3v) is 7.10. The Labute approximate surface area is 162 Å². The molecular formula is C21H24N4OS. The molecule has 3 N–H and O–H groups in total. The van der Waals surface area contributed by atoms with Crippen molar-refractivity contribution in [1.82, 2.24) is 15.2 Å². The van der Waals surface area contributed by atoms with E-state index in [1.54, 1.807) is 11.3 Å². The topological polar surface area (TPSA) is 73.8 Å². The minimum Gasteiger partial charge on any atom is -0.383 e. The number of aliphatic hydroxyl groups is 1. The minimum atomic E-state index is -0.694. The Morgan fingerprint density at radius 2 is 2.04 bits per heavy atom. The summed E-state index contributed by atoms with van der Waals surface area (Å²) in [6, 6.07) is 8.55. The van der Waals surface area contributed by atoms with Crippen molar-refractivity contribution in [2.45, 2.75) is 57.0 Å². The molecule has 0 atom stereocenters. The van der Waals surface area contributed by atoms with Gasteiger partial charge in [-0.1, -0.05) is 12.5 Å². The van der Waals surface area contributed by atoms with Crippen LogP contribution in [0.5, 0.6) is 0 Å². The normalized spacial score (nSPS) is 18.7. The van der Waals surface area contributed by atoms with E-state index in [0.29, 0.717) is 5.92 Å². The van der Waals surface area contributed by atoms with Crippen LogP contribution in [0.15, 0.2) is 30.5 Å². The second-order valence-electron chi connectivity index (χ2n) is 7.96. The predicted octanol–water partition coefficient (Wildman–Crippen LogP) is 5.22. The van der Waals surface area contributed by atoms with Gasteiger partial charge in [0.1, 0.15) is 10.6 Å². The van der Waals surface area contributed by atoms with Gasteiger partial charge in [-0.3, -0.25) is 5.10 Å². The van der Waals surface area contributed by atoms with E-state index in [0.717, 1.165) is 46.2 Å². The molecule has 0 amide bonds. The van der Waals surface area contributed by atoms with Crippen LogP contribution in [0.1, 0.15) is 60.7 Å². The van der Waals surface area contributed by atoms with Gasteiger partial charge >= 0.3 is 0 Å². The maximum Gasteiger partial charge on any atom is 0.152 e. The van der Waals surface area contributed by atoms with Crippen molar-refractivity contribution in [3.05, 3.63) is 46.7 Å². The number of nitrogens with zero attached hydrogens (tertiary/aromatic N) is 2. The van der Waals surface area contributed by atoms with Gasteiger partial charge in [-0.05, 0) is 62.3 Å². The third kappa shape index (κ3) is 3.17. The molecule has 5 nitrogen and oxygen atoms in total. The molecule has 2 fully saturated rings. The van der Waals surface area contributed by atoms with Crippen molar-refractivity contribution in [3.8, 4) is 10.4 Å². The predicted molar refractivity (Wildman–Crippen MR) is 108 cm³/mol. The molecule has 140 valence electrons. The third-order valence-electron chi connectivity index (χ3n) is 5.86. The molecular weight excluding hydrogens is 356 g/mol. The van der Waals surface area contributed by atoms with Gasteiger partial charge in [0.2, 0.25) is 0 Å². The first kappa shape index (κ1) is 17.0. The van der Waals surface area contributed by atoms with Gasteiger partial charge in [-0.25, -0.2) is 4.98 Å². The van der Waals surface area contributed by atoms with Crippen LogP contribution in [0.25, 0.3) is 10.4 Å². The zero-order valence-corrected chi connectivity index (χ0v) is 16.3. The molecule has 0 saturated heterocycles. The first-order valence-corrected chi connectivity index (χ1v) is 10.5. The van der Waals surface area contributed by atoms with Gasteiger partial charge in [0.05, 0.1) is 4.88 Å². The summed E-state index contributed by atoms with van der Waals surface area (Å²) in [5.74, 6) is 1.51. The number of rotatable bonds is 5. The summed E-state index contributed by atoms with van der Waals surface area (Å²) in [5, 5.41) is 22.4. The Bertz CT molecular complexity index is 968. The molecule has 2 aliphatic rings. The molecule has 5 rings (SSSR count). The summed E-state index contributed by atoms with van der Waals surface area (Å²) in [6.07, 6.45) is 8.45. The maximum absolute atomic E-state index is 10.5. The molecule has 27 heavy (non-hydrogen) atoms. The van der Waals surface area contributed by atoms with E-state index in [1.807, 2.05) is 6.20 Å². The smallest absolute Gasteiger partial charge is 0.152 e. The number of benzene rings is 1. The Morgan fingerprint density at radius 1 is 1.19 bits per heavy atom. The molecule has 2 aliphatic carbocycles. The van der Waals surface area contributed by atoms with Crippen molar-refractivity contribution in [2.24, 2.45) is 0 Å². The zero-order chi connectivity index (χ0) is 18.4. The number of aromatic amines is 1. The number of nitrogens with one attached hydrogen (secondary N) is 2. The fourth-order valence-electron chi connectivity index (χ4n) is 3.82. The van der Waals surface area contributed by atoms with Crippen molar-refractivity contribution < 1.29 is 5.11 Å². The van der Waals surface area contributed by atoms with Gasteiger partial charge in [-0.2, -0.15) is 5.10 Å². The Morgan fingerprint density at radius 3 is 2.74 bits per heavy atom. The van der Waals surface area contributed by atoms with Crippen LogP contribution >= 0.6 is 11.3 Å². The number of anilines is 2. The molecule has 1 aromatic carbocycles. The summed E-state index contributed by atoms with van der Waals surface area (Å²) in [4.78, 5) is 5.59. The van der Waals surface area contributed by atoms with Gasteiger partial charge in [0, 0.05) is 29.6 Å². The van der Waals surface area contributed by atoms with Gasteiger partial charge in [0.15, 0.2) is 5.82 Å². The zero-order valence-electron chi connectivity index (χ0n) is 15.5. The number of aryl methyl sites for hydroxylation is 1. The SMILES string of the molecule is Cc1cc(Nc2cc(C3CCC3)[nH]n2)cc(-c2cnc(C3(O)CCC3)s2)c1. The average molecular weight is 381 g/mol. The monoisotopic (exact) mass is 380 g/mol. The second kappa shape index (κ2) is 6.46. The molecule has 3 aromatic rings. The molecule has 0 unspecified atom stereocenters. The highest BCUT2D eigenvalue weighted by Gasteiger charge is 2.39. The lowest BCUT2D eigenvalue weighted by Gasteiger charge is -2.34. The van der Waals surface area contributed by atoms with Crippen molar-refractivity contribution >= 4 is 22.8 Å². The van der Waals surface area contributed by atoms with Crippen LogP contribution in [0, 0.1) is 6.92 Å². The highest BCUT2D eigenvalue weighted by atomic mass is 32.1. The van der Waals surface area contributed by atoms with E-state index < -0.39 is 5.60 Å². The first-order chi connectivity index (χ1) is 13.1. The highest BCUT2D eigenvalue weighted by Crippen LogP contribution is 2.44. The van der Waals surface area contributed by atoms with Crippen LogP contribution in [0.4, 0.5) is 11.5 Å². The van der Waals surface area contributed by atoms with Crippen LogP contribution in [0.2, 0.25) is 0 Å². The van der Waals surface area contributed by atoms with Crippen LogP contribution in [-0.4, -0.2) is 20.3 Å². The van der Waals surface area contributed by atoms with E-state index in [9.17, 15) is 5.11 Å². The lowest BCUT2D eigenvalue weighted by atomic mass is 9.81. The molecule has 2 heterocycles. The average Bonchev–Trinajstić information content (AvgIpc) is 3.20. The second-order valence-corrected chi connectivity index (χ2v) is 8.99. The molecule has 0 radical (unpaired) electrons. The van der Waals surface area contributed by atoms with Gasteiger partial charge < -0.3 is 10.4 Å². The fraction of sp³-hybridized carbons (Fsp3) is 0.429. The minimum absolute atomic E-state index is 0.647. The van der Waals surface area contributed by atoms with E-state index >= 15 is 0 Å². The van der Waals surface area contributed by atoms with E-state index in [1.165, 1.54) is 30.5 Å². The Hall–Kier alpha value is -2.18. The van der Waals surface area contributed by atoms with Crippen LogP contribution in [0.3, 0.4) is 0 Å². The summed E-state index contributed by atoms with van der Waals surface area (Å²) < 4.78 is 0. The van der Waals surface area contributed by atoms with E-state index in [2.05, 4.69) is 51.7 Å². The van der Waals surface area contributed by atoms with Gasteiger partial charge in [0.25, 0.3) is 0 Å². The molecule has 0 spiro atoms. The molecule has 2 aromatic heterocycles. The largest absolute Gasteiger partial charge is 0.383 e. The molecule has 2 saturated carbocycles. The maximum atomic E-state index is 10.5. The Balaban J connectivity index is 1.38. The summed E-state index contributed by atoms with van der Waals surface area (Å²) in [5.41, 5.74) is 3.87. The lowest BCUT2D eigenvalue weighted by Crippen LogP contribution is -2.33. The molecule has 6 heteroatoms. The van der Waals surface area contributed by atoms with Crippen molar-refractivity contribution in [3.63, 3.8) is 0 Å². The van der Waals surface area contributed by atoms with Crippen LogP contribution < -0.4 is 5.32 Å². The number of hydrogen-bond donors (Lipinski definition) is 3. The summed E-state index contributed by atoms with van der Waals surface area (Å²) in [6.45, 7) is 2.10. The van der Waals surface area contributed by atoms with E-state index in [4.69, 9.17) is 0 Å². The quantitative estimate of drug-likeness (QED) is 0.567. The first-order valence-electron chi connectivity index (χ1n) is 9.72.